The number of aromatic hydroxyl groups is 1. The summed E-state index contributed by atoms with van der Waals surface area (Å²) in [4.78, 5) is 9.63. The molecule has 0 aliphatic heterocycles. The van der Waals surface area contributed by atoms with E-state index in [2.05, 4.69) is 36.4 Å². The zero-order valence-corrected chi connectivity index (χ0v) is 24.8. The van der Waals surface area contributed by atoms with Crippen molar-refractivity contribution in [2.24, 2.45) is 20.5 Å². The van der Waals surface area contributed by atoms with E-state index in [4.69, 9.17) is 4.55 Å². The number of hydrogen-bond acceptors (Lipinski definition) is 12. The van der Waals surface area contributed by atoms with E-state index < -0.39 is 68.5 Å². The van der Waals surface area contributed by atoms with Crippen molar-refractivity contribution in [3.63, 3.8) is 0 Å². The van der Waals surface area contributed by atoms with Crippen LogP contribution in [0.2, 0.25) is 0 Å². The molecule has 0 aliphatic carbocycles. The smallest absolute Gasteiger partial charge is 0.338 e. The van der Waals surface area contributed by atoms with Crippen LogP contribution in [0, 0.1) is 0 Å². The monoisotopic (exact) mass is 714 g/mol. The summed E-state index contributed by atoms with van der Waals surface area (Å²) in [6.45, 7) is 0. The molecule has 224 valence electrons. The quantitative estimate of drug-likeness (QED) is 0.111. The Morgan fingerprint density at radius 3 is 1.81 bits per heavy atom. The van der Waals surface area contributed by atoms with Crippen LogP contribution in [-0.2, 0) is 30.4 Å². The highest BCUT2D eigenvalue weighted by molar-refractivity contribution is 9.10. The van der Waals surface area contributed by atoms with Gasteiger partial charge >= 0.3 is 5.97 Å². The lowest BCUT2D eigenvalue weighted by atomic mass is 10.1. The molecular weight excluding hydrogens is 700 g/mol. The average molecular weight is 715 g/mol. The molecule has 0 aliphatic rings. The van der Waals surface area contributed by atoms with Crippen molar-refractivity contribution in [1.82, 2.24) is 0 Å². The Morgan fingerprint density at radius 2 is 1.26 bits per heavy atom. The summed E-state index contributed by atoms with van der Waals surface area (Å²) in [6, 6.07) is 10.7. The van der Waals surface area contributed by atoms with Crippen LogP contribution in [0.5, 0.6) is 5.75 Å². The van der Waals surface area contributed by atoms with Gasteiger partial charge in [-0.15, -0.1) is 10.2 Å². The van der Waals surface area contributed by atoms with Gasteiger partial charge in [0.05, 0.1) is 21.8 Å². The summed E-state index contributed by atoms with van der Waals surface area (Å²) in [5.74, 6) is -2.50. The van der Waals surface area contributed by atoms with E-state index in [1.54, 1.807) is 0 Å². The summed E-state index contributed by atoms with van der Waals surface area (Å²) in [5.41, 5.74) is -1.61. The molecule has 0 bridgehead atoms. The van der Waals surface area contributed by atoms with Crippen LogP contribution < -0.4 is 0 Å². The van der Waals surface area contributed by atoms with Crippen molar-refractivity contribution >= 4 is 85.8 Å². The molecule has 4 aromatic rings. The zero-order chi connectivity index (χ0) is 31.9. The molecule has 5 N–H and O–H groups in total. The number of azo groups is 2. The van der Waals surface area contributed by atoms with Gasteiger partial charge < -0.3 is 10.2 Å². The number of carboxylic acids is 1. The Morgan fingerprint density at radius 1 is 0.674 bits per heavy atom. The summed E-state index contributed by atoms with van der Waals surface area (Å²) >= 11 is 3.08. The van der Waals surface area contributed by atoms with E-state index >= 15 is 0 Å². The third-order valence-electron chi connectivity index (χ3n) is 5.56. The van der Waals surface area contributed by atoms with Gasteiger partial charge in [0, 0.05) is 15.2 Å². The van der Waals surface area contributed by atoms with Crippen molar-refractivity contribution in [3.05, 3.63) is 70.7 Å². The number of fused-ring (bicyclic) bond motifs is 1. The topological polar surface area (TPSA) is 270 Å². The van der Waals surface area contributed by atoms with Crippen LogP contribution in [0.15, 0.2) is 100 Å². The number of hydrogen-bond donors (Lipinski definition) is 5. The van der Waals surface area contributed by atoms with Crippen molar-refractivity contribution < 1.29 is 53.9 Å². The molecule has 0 amide bonds. The fourth-order valence-corrected chi connectivity index (χ4v) is 6.00. The third kappa shape index (κ3) is 6.91. The van der Waals surface area contributed by atoms with Gasteiger partial charge in [0.25, 0.3) is 30.4 Å². The maximum atomic E-state index is 12.1. The molecule has 0 saturated heterocycles. The summed E-state index contributed by atoms with van der Waals surface area (Å²) in [5, 5.41) is 34.8. The summed E-state index contributed by atoms with van der Waals surface area (Å²) in [6.07, 6.45) is 0. The van der Waals surface area contributed by atoms with E-state index in [-0.39, 0.29) is 31.8 Å². The van der Waals surface area contributed by atoms with Gasteiger partial charge in [-0.05, 0) is 60.7 Å². The predicted octanol–water partition coefficient (Wildman–Crippen LogP) is 5.58. The second-order valence-electron chi connectivity index (χ2n) is 8.37. The lowest BCUT2D eigenvalue weighted by Crippen LogP contribution is -2.03. The number of nitrogens with zero attached hydrogens (tertiary/aromatic N) is 4. The van der Waals surface area contributed by atoms with Crippen molar-refractivity contribution in [2.75, 3.05) is 0 Å². The van der Waals surface area contributed by atoms with E-state index in [9.17, 15) is 49.4 Å². The first-order chi connectivity index (χ1) is 19.9. The molecule has 0 fully saturated rings. The molecule has 16 nitrogen and oxygen atoms in total. The first-order valence-corrected chi connectivity index (χ1v) is 16.2. The van der Waals surface area contributed by atoms with Gasteiger partial charge in [0.2, 0.25) is 0 Å². The summed E-state index contributed by atoms with van der Waals surface area (Å²) in [7, 11) is -14.5. The van der Waals surface area contributed by atoms with Gasteiger partial charge in [0.1, 0.15) is 21.2 Å². The normalized spacial score (nSPS) is 12.8. The molecule has 0 heterocycles. The molecule has 0 atom stereocenters. The molecule has 0 aromatic heterocycles. The Balaban J connectivity index is 1.80. The summed E-state index contributed by atoms with van der Waals surface area (Å²) < 4.78 is 98.7. The number of carboxylic acid groups (broad SMARTS) is 1. The second kappa shape index (κ2) is 11.5. The first kappa shape index (κ1) is 31.7. The third-order valence-corrected chi connectivity index (χ3v) is 8.87. The van der Waals surface area contributed by atoms with Crippen LogP contribution in [0.4, 0.5) is 22.7 Å². The Bertz CT molecular complexity index is 2200. The van der Waals surface area contributed by atoms with Gasteiger partial charge in [-0.3, -0.25) is 13.7 Å². The predicted molar refractivity (Wildman–Crippen MR) is 151 cm³/mol. The maximum absolute atomic E-state index is 12.1. The van der Waals surface area contributed by atoms with Crippen molar-refractivity contribution in [2.45, 2.75) is 14.7 Å². The van der Waals surface area contributed by atoms with Crippen molar-refractivity contribution in [3.8, 4) is 5.75 Å². The zero-order valence-electron chi connectivity index (χ0n) is 20.8. The van der Waals surface area contributed by atoms with E-state index in [0.717, 1.165) is 36.4 Å². The van der Waals surface area contributed by atoms with Crippen molar-refractivity contribution in [1.29, 1.82) is 0 Å². The Labute approximate surface area is 250 Å². The molecule has 0 radical (unpaired) electrons. The minimum atomic E-state index is -5.20. The fourth-order valence-electron chi connectivity index (χ4n) is 3.66. The number of rotatable bonds is 8. The van der Waals surface area contributed by atoms with Crippen LogP contribution >= 0.6 is 15.9 Å². The van der Waals surface area contributed by atoms with Gasteiger partial charge in [0.15, 0.2) is 5.75 Å². The van der Waals surface area contributed by atoms with E-state index in [1.807, 2.05) is 0 Å². The molecule has 0 unspecified atom stereocenters. The minimum absolute atomic E-state index is 0.0101. The van der Waals surface area contributed by atoms with Crippen LogP contribution in [-0.4, -0.2) is 55.1 Å². The number of benzene rings is 4. The molecule has 4 aromatic carbocycles. The Kier molecular flexibility index (Phi) is 8.48. The highest BCUT2D eigenvalue weighted by atomic mass is 79.9. The van der Waals surface area contributed by atoms with E-state index in [0.29, 0.717) is 6.07 Å². The molecular formula is C23H15BrN4O12S3. The van der Waals surface area contributed by atoms with E-state index in [1.165, 1.54) is 18.2 Å². The van der Waals surface area contributed by atoms with Crippen LogP contribution in [0.3, 0.4) is 0 Å². The highest BCUT2D eigenvalue weighted by Gasteiger charge is 2.27. The maximum Gasteiger partial charge on any atom is 0.338 e. The number of carbonyl (C=O) groups is 1. The number of halogens is 1. The molecule has 43 heavy (non-hydrogen) atoms. The van der Waals surface area contributed by atoms with Gasteiger partial charge in [-0.1, -0.05) is 15.9 Å². The number of phenols is 1. The number of phenolic OH excluding ortho intramolecular Hbond substituents is 1. The second-order valence-corrected chi connectivity index (χ2v) is 13.4. The number of aromatic carboxylic acids is 1. The lowest BCUT2D eigenvalue weighted by molar-refractivity contribution is 0.0697. The van der Waals surface area contributed by atoms with Gasteiger partial charge in [-0.2, -0.15) is 35.5 Å². The lowest BCUT2D eigenvalue weighted by Gasteiger charge is -2.12. The molecule has 4 rings (SSSR count). The minimum Gasteiger partial charge on any atom is -0.505 e. The highest BCUT2D eigenvalue weighted by Crippen LogP contribution is 2.46. The largest absolute Gasteiger partial charge is 0.505 e. The standard InChI is InChI=1S/C23H15BrN4O12S3/c24-16-6-8-18(42(35,36)37)15-10-19(43(38,39)40)21(22(29)20(15)16)28-27-17-7-3-12(9-14(17)23(30)31)26-25-11-1-4-13(5-2-11)41(32,33)34/h1-10,29H,(H,30,31)(H,32,33,34)(H,35,36,37)(H,38,39,40)/b26-25+,28-27+. The van der Waals surface area contributed by atoms with Gasteiger partial charge in [-0.25, -0.2) is 4.79 Å². The first-order valence-electron chi connectivity index (χ1n) is 11.1. The molecule has 0 spiro atoms. The molecule has 20 heteroatoms. The SMILES string of the molecule is O=C(O)c1cc(/N=N/c2ccc(S(=O)(=O)O)cc2)ccc1/N=N/c1c(S(=O)(=O)O)cc2c(S(=O)(=O)O)ccc(Br)c2c1O. The van der Waals surface area contributed by atoms with Crippen LogP contribution in [0.25, 0.3) is 10.8 Å². The van der Waals surface area contributed by atoms with Crippen LogP contribution in [0.1, 0.15) is 10.4 Å². The fraction of sp³-hybridized carbons (Fsp3) is 0. The molecule has 0 saturated carbocycles. The average Bonchev–Trinajstić information content (AvgIpc) is 2.90. The Hall–Kier alpha value is -4.18.